The fourth-order valence-electron chi connectivity index (χ4n) is 2.10. The molecule has 1 unspecified atom stereocenters. The highest BCUT2D eigenvalue weighted by Crippen LogP contribution is 2.28. The zero-order valence-corrected chi connectivity index (χ0v) is 13.5. The summed E-state index contributed by atoms with van der Waals surface area (Å²) in [7, 11) is 0. The zero-order valence-electron chi connectivity index (χ0n) is 11.9. The summed E-state index contributed by atoms with van der Waals surface area (Å²) in [5.74, 6) is 0. The number of nitrogens with one attached hydrogen (secondary N) is 1. The number of hydrogen-bond donors (Lipinski definition) is 1. The number of hydrogen-bond acceptors (Lipinski definition) is 1. The molecule has 0 radical (unpaired) electrons. The number of aryl methyl sites for hydroxylation is 3. The maximum Gasteiger partial charge on any atom is 0.0491 e. The second kappa shape index (κ2) is 5.79. The molecule has 19 heavy (non-hydrogen) atoms. The van der Waals surface area contributed by atoms with Gasteiger partial charge in [-0.1, -0.05) is 24.3 Å². The molecule has 2 aromatic rings. The van der Waals surface area contributed by atoms with Crippen LogP contribution in [0.3, 0.4) is 0 Å². The molecule has 1 atom stereocenters. The fraction of sp³-hybridized carbons (Fsp3) is 0.294. The SMILES string of the molecule is Cc1ccc(Br)c(NC(C)c2ccc(C)c(C)c2)c1. The molecule has 0 aromatic heterocycles. The molecule has 0 fully saturated rings. The van der Waals surface area contributed by atoms with Crippen LogP contribution in [0.4, 0.5) is 5.69 Å². The molecule has 1 N–H and O–H groups in total. The van der Waals surface area contributed by atoms with Gasteiger partial charge in [-0.15, -0.1) is 0 Å². The Balaban J connectivity index is 2.22. The molecule has 0 spiro atoms. The highest BCUT2D eigenvalue weighted by Gasteiger charge is 2.08. The lowest BCUT2D eigenvalue weighted by molar-refractivity contribution is 0.880. The van der Waals surface area contributed by atoms with Gasteiger partial charge in [0, 0.05) is 16.2 Å². The molecular formula is C17H20BrN. The van der Waals surface area contributed by atoms with Crippen LogP contribution in [0.2, 0.25) is 0 Å². The minimum atomic E-state index is 0.289. The van der Waals surface area contributed by atoms with E-state index in [1.807, 2.05) is 0 Å². The van der Waals surface area contributed by atoms with Crippen LogP contribution in [-0.4, -0.2) is 0 Å². The Morgan fingerprint density at radius 2 is 1.68 bits per heavy atom. The Morgan fingerprint density at radius 1 is 0.947 bits per heavy atom. The van der Waals surface area contributed by atoms with Crippen LogP contribution in [0.5, 0.6) is 0 Å². The van der Waals surface area contributed by atoms with Gasteiger partial charge in [-0.25, -0.2) is 0 Å². The van der Waals surface area contributed by atoms with Crippen LogP contribution < -0.4 is 5.32 Å². The van der Waals surface area contributed by atoms with Gasteiger partial charge in [-0.3, -0.25) is 0 Å². The Bertz CT molecular complexity index is 590. The topological polar surface area (TPSA) is 12.0 Å². The van der Waals surface area contributed by atoms with Crippen molar-refractivity contribution >= 4 is 21.6 Å². The maximum absolute atomic E-state index is 3.60. The van der Waals surface area contributed by atoms with E-state index in [0.29, 0.717) is 0 Å². The standard InChI is InChI=1S/C17H20BrN/c1-11-5-8-16(18)17(9-11)19-14(4)15-7-6-12(2)13(3)10-15/h5-10,14,19H,1-4H3. The zero-order chi connectivity index (χ0) is 14.0. The van der Waals surface area contributed by atoms with E-state index in [2.05, 4.69) is 85.3 Å². The molecule has 2 heteroatoms. The molecule has 0 aliphatic heterocycles. The van der Waals surface area contributed by atoms with Crippen molar-refractivity contribution in [3.63, 3.8) is 0 Å². The molecule has 100 valence electrons. The van der Waals surface area contributed by atoms with Gasteiger partial charge in [0.2, 0.25) is 0 Å². The van der Waals surface area contributed by atoms with Crippen molar-refractivity contribution in [2.24, 2.45) is 0 Å². The summed E-state index contributed by atoms with van der Waals surface area (Å²) >= 11 is 3.60. The number of benzene rings is 2. The van der Waals surface area contributed by atoms with E-state index in [1.54, 1.807) is 0 Å². The first-order valence-corrected chi connectivity index (χ1v) is 7.36. The van der Waals surface area contributed by atoms with Gasteiger partial charge in [0.25, 0.3) is 0 Å². The molecule has 0 heterocycles. The van der Waals surface area contributed by atoms with Crippen molar-refractivity contribution in [2.45, 2.75) is 33.7 Å². The molecule has 2 rings (SSSR count). The van der Waals surface area contributed by atoms with Gasteiger partial charge < -0.3 is 5.32 Å². The van der Waals surface area contributed by atoms with Crippen LogP contribution in [0, 0.1) is 20.8 Å². The summed E-state index contributed by atoms with van der Waals surface area (Å²) in [5, 5.41) is 3.57. The molecule has 0 aliphatic carbocycles. The van der Waals surface area contributed by atoms with E-state index < -0.39 is 0 Å². The Hall–Kier alpha value is -1.28. The first-order valence-electron chi connectivity index (χ1n) is 6.57. The molecule has 0 aliphatic rings. The van der Waals surface area contributed by atoms with Crippen molar-refractivity contribution in [1.82, 2.24) is 0 Å². The van der Waals surface area contributed by atoms with Crippen LogP contribution in [0.15, 0.2) is 40.9 Å². The van der Waals surface area contributed by atoms with Crippen LogP contribution >= 0.6 is 15.9 Å². The van der Waals surface area contributed by atoms with E-state index in [4.69, 9.17) is 0 Å². The highest BCUT2D eigenvalue weighted by atomic mass is 79.9. The lowest BCUT2D eigenvalue weighted by atomic mass is 10.0. The molecule has 0 bridgehead atoms. The lowest BCUT2D eigenvalue weighted by Crippen LogP contribution is -2.07. The molecular weight excluding hydrogens is 298 g/mol. The minimum absolute atomic E-state index is 0.289. The van der Waals surface area contributed by atoms with Crippen molar-refractivity contribution in [3.05, 3.63) is 63.1 Å². The normalized spacial score (nSPS) is 12.3. The third-order valence-corrected chi connectivity index (χ3v) is 4.22. The third kappa shape index (κ3) is 3.38. The van der Waals surface area contributed by atoms with E-state index in [-0.39, 0.29) is 6.04 Å². The summed E-state index contributed by atoms with van der Waals surface area (Å²) in [6.45, 7) is 8.61. The quantitative estimate of drug-likeness (QED) is 0.782. The molecule has 0 amide bonds. The molecule has 0 saturated carbocycles. The second-order valence-corrected chi connectivity index (χ2v) is 6.05. The first-order chi connectivity index (χ1) is 8.97. The van der Waals surface area contributed by atoms with Crippen LogP contribution in [0.25, 0.3) is 0 Å². The predicted octanol–water partition coefficient (Wildman–Crippen LogP) is 5.55. The first kappa shape index (κ1) is 14.1. The fourth-order valence-corrected chi connectivity index (χ4v) is 2.46. The van der Waals surface area contributed by atoms with E-state index in [1.165, 1.54) is 22.3 Å². The maximum atomic E-state index is 3.60. The van der Waals surface area contributed by atoms with Crippen molar-refractivity contribution in [3.8, 4) is 0 Å². The van der Waals surface area contributed by atoms with Gasteiger partial charge in [0.15, 0.2) is 0 Å². The van der Waals surface area contributed by atoms with Crippen LogP contribution in [-0.2, 0) is 0 Å². The van der Waals surface area contributed by atoms with E-state index in [0.717, 1.165) is 10.2 Å². The van der Waals surface area contributed by atoms with Crippen LogP contribution in [0.1, 0.15) is 35.2 Å². The van der Waals surface area contributed by atoms with Gasteiger partial charge in [-0.2, -0.15) is 0 Å². The largest absolute Gasteiger partial charge is 0.378 e. The Labute approximate surface area is 124 Å². The summed E-state index contributed by atoms with van der Waals surface area (Å²) in [6.07, 6.45) is 0. The van der Waals surface area contributed by atoms with Gasteiger partial charge in [0.05, 0.1) is 0 Å². The Kier molecular flexibility index (Phi) is 4.31. The summed E-state index contributed by atoms with van der Waals surface area (Å²) in [6, 6.07) is 13.3. The summed E-state index contributed by atoms with van der Waals surface area (Å²) < 4.78 is 1.11. The summed E-state index contributed by atoms with van der Waals surface area (Å²) in [4.78, 5) is 0. The van der Waals surface area contributed by atoms with E-state index >= 15 is 0 Å². The smallest absolute Gasteiger partial charge is 0.0491 e. The molecule has 1 nitrogen and oxygen atoms in total. The average molecular weight is 318 g/mol. The monoisotopic (exact) mass is 317 g/mol. The Morgan fingerprint density at radius 3 is 2.37 bits per heavy atom. The van der Waals surface area contributed by atoms with Gasteiger partial charge in [0.1, 0.15) is 0 Å². The number of halogens is 1. The summed E-state index contributed by atoms with van der Waals surface area (Å²) in [5.41, 5.74) is 6.40. The van der Waals surface area contributed by atoms with E-state index in [9.17, 15) is 0 Å². The number of anilines is 1. The number of rotatable bonds is 3. The average Bonchev–Trinajstić information content (AvgIpc) is 2.37. The molecule has 2 aromatic carbocycles. The van der Waals surface area contributed by atoms with Gasteiger partial charge >= 0.3 is 0 Å². The van der Waals surface area contributed by atoms with Crippen molar-refractivity contribution in [2.75, 3.05) is 5.32 Å². The highest BCUT2D eigenvalue weighted by molar-refractivity contribution is 9.10. The third-order valence-electron chi connectivity index (χ3n) is 3.52. The van der Waals surface area contributed by atoms with Crippen molar-refractivity contribution in [1.29, 1.82) is 0 Å². The minimum Gasteiger partial charge on any atom is -0.378 e. The molecule has 0 saturated heterocycles. The lowest BCUT2D eigenvalue weighted by Gasteiger charge is -2.18. The van der Waals surface area contributed by atoms with Crippen molar-refractivity contribution < 1.29 is 0 Å². The predicted molar refractivity (Wildman–Crippen MR) is 86.8 cm³/mol. The van der Waals surface area contributed by atoms with Gasteiger partial charge in [-0.05, 0) is 78.0 Å². The second-order valence-electron chi connectivity index (χ2n) is 5.19.